The molecule has 0 amide bonds. The molecule has 8 aliphatic heterocycles. The van der Waals surface area contributed by atoms with Crippen molar-refractivity contribution in [1.29, 1.82) is 0 Å². The van der Waals surface area contributed by atoms with E-state index in [4.69, 9.17) is 132 Å². The summed E-state index contributed by atoms with van der Waals surface area (Å²) in [7, 11) is 0.153. The summed E-state index contributed by atoms with van der Waals surface area (Å²) < 4.78 is 630. The van der Waals surface area contributed by atoms with Crippen LogP contribution in [0.3, 0.4) is 0 Å². The molecule has 0 bridgehead atoms. The summed E-state index contributed by atoms with van der Waals surface area (Å²) >= 11 is 0. The Morgan fingerprint density at radius 2 is 0.600 bits per heavy atom. The fourth-order valence-corrected chi connectivity index (χ4v) is 12.1. The molecule has 16 unspecified atom stereocenters. The number of hydrogen-bond donors (Lipinski definition) is 4. The number of nitrogens with zero attached hydrogens (tertiary/aromatic N) is 4. The van der Waals surface area contributed by atoms with Gasteiger partial charge in [-0.3, -0.25) is 38.8 Å². The molecular formula is C96H152N8O16. The molecule has 8 heterocycles. The van der Waals surface area contributed by atoms with E-state index in [-0.39, 0.29) is 45.9 Å². The molecule has 8 N–H and O–H groups in total. The van der Waals surface area contributed by atoms with Gasteiger partial charge in [0.15, 0.2) is 46.0 Å². The zero-order valence-corrected chi connectivity index (χ0v) is 70.0. The van der Waals surface area contributed by atoms with Gasteiger partial charge in [0.1, 0.15) is 48.5 Å². The fourth-order valence-electron chi connectivity index (χ4n) is 12.1. The van der Waals surface area contributed by atoms with E-state index in [9.17, 15) is 56.2 Å². The second kappa shape index (κ2) is 43.9. The minimum atomic E-state index is -4.27. The highest BCUT2D eigenvalue weighted by Crippen LogP contribution is 2.50. The Balaban J connectivity index is 0.000000269. The van der Waals surface area contributed by atoms with Crippen LogP contribution in [0.1, 0.15) is 319 Å². The average Bonchev–Trinajstić information content (AvgIpc) is 0.642. The molecule has 4 aromatic rings. The number of rotatable bonds is 28. The molecule has 4 saturated heterocycles. The van der Waals surface area contributed by atoms with Crippen molar-refractivity contribution in [3.8, 4) is 46.0 Å². The molecule has 8 aliphatic rings. The van der Waals surface area contributed by atoms with Crippen molar-refractivity contribution in [3.63, 3.8) is 0 Å². The molecule has 24 heteroatoms. The quantitative estimate of drug-likeness (QED) is 0.0303. The van der Waals surface area contributed by atoms with E-state index in [1.165, 1.54) is 69.6 Å². The van der Waals surface area contributed by atoms with Gasteiger partial charge in [-0.15, -0.1) is 0 Å². The molecule has 120 heavy (non-hydrogen) atoms. The lowest BCUT2D eigenvalue weighted by atomic mass is 9.79. The Labute approximate surface area is 810 Å². The zero-order chi connectivity index (χ0) is 145. The minimum Gasteiger partial charge on any atom is -0.493 e. The van der Waals surface area contributed by atoms with Crippen LogP contribution in [-0.4, -0.2) is 201 Å². The number of nitrogens with two attached hydrogens (primary N) is 4. The maximum absolute atomic E-state index is 13.4. The number of carbonyl (C=O) groups is 4. The maximum Gasteiger partial charge on any atom is 0.323 e. The van der Waals surface area contributed by atoms with E-state index in [2.05, 4.69) is 0 Å². The number of benzene rings is 4. The van der Waals surface area contributed by atoms with Crippen LogP contribution in [0.2, 0.25) is 0 Å². The molecule has 12 rings (SSSR count). The van der Waals surface area contributed by atoms with Crippen LogP contribution in [0.25, 0.3) is 0 Å². The molecule has 0 saturated carbocycles. The Kier molecular flexibility index (Phi) is 15.0. The number of hydrogen-bond acceptors (Lipinski definition) is 24. The van der Waals surface area contributed by atoms with E-state index in [1.807, 2.05) is 0 Å². The van der Waals surface area contributed by atoms with Gasteiger partial charge in [0.2, 0.25) is 0 Å². The summed E-state index contributed by atoms with van der Waals surface area (Å²) in [6.07, 6.45) is -48.9. The topological polar surface area (TPSA) is 296 Å². The lowest BCUT2D eigenvalue weighted by Gasteiger charge is -2.47. The van der Waals surface area contributed by atoms with Crippen LogP contribution in [0.4, 0.5) is 0 Å². The smallest absolute Gasteiger partial charge is 0.323 e. The predicted molar refractivity (Wildman–Crippen MR) is 471 cm³/mol. The van der Waals surface area contributed by atoms with Crippen LogP contribution in [0, 0.1) is 70.8 Å². The first-order valence-electron chi connectivity index (χ1n) is 70.5. The number of fused-ring (bicyclic) bond motifs is 12. The van der Waals surface area contributed by atoms with Gasteiger partial charge in [-0.05, 0) is 191 Å². The van der Waals surface area contributed by atoms with Crippen molar-refractivity contribution < 1.29 is 165 Å². The Hall–Kier alpha value is -7.16. The second-order valence-electron chi connectivity index (χ2n) is 29.1. The van der Waals surface area contributed by atoms with Gasteiger partial charge < -0.3 is 79.8 Å². The summed E-state index contributed by atoms with van der Waals surface area (Å²) in [5.41, 5.74) is 19.5. The van der Waals surface area contributed by atoms with Crippen LogP contribution in [-0.2, 0) is 63.8 Å². The minimum absolute atomic E-state index is 0.176. The van der Waals surface area contributed by atoms with Gasteiger partial charge in [-0.2, -0.15) is 0 Å². The molecular weight excluding hydrogens is 1520 g/mol. The fraction of sp³-hybridized carbons (Fsp3) is 0.708. The number of piperidine rings is 4. The first-order chi connectivity index (χ1) is 82.1. The Bertz CT molecular complexity index is 7080. The first-order valence-corrected chi connectivity index (χ1v) is 38.0. The third kappa shape index (κ3) is 23.8. The van der Waals surface area contributed by atoms with Gasteiger partial charge in [-0.1, -0.05) is 110 Å². The first kappa shape index (κ1) is 40.9. The SMILES string of the molecule is [2H]c1c2c(c([2H])c(OC)c1OC([2H])([2H])[2H])C1([2H])N(CC2)C([2H])([2H])C([2H])(C([2H])([2H])C([2H])(C)C([2H])([2H])[2H])C(OC(=O)[C@@H](N)C(C)C)C1([2H])[2H].[2H]c1c2c(c([2H])c(OC)c1OC([2H])([2H])[2H])C1([2H])N(CC2)C([2H])([2H])C([2H])(C([2H])([2H])C([2H])(C)C([2H])([2H])[2H])C([2H])(OC(=O)[C@@H](N)C(C)C)C1([2H])[2H].[2H]c1c2c(c([2H])c(OC)c1OC)C1([2H])N(CC2)C([2H])([2H])C([2H])(C([2H])([2H])C([2H])(C)C([2H])([2H])[2H])C([2H])(OC(=O)[C@@H](N)C(C)C)C1([2H])[2H].[2H]c1c2c(c([2H])c(OC)c1OC)C1([2H])N(CC2)C([2H])([2H])C([2H])(C([2H])([2H])C([2H])(C)C([2H])([2H])[2H])C([2H])(OC(=O)[C@@H](N)C(C)C)C1([2H])[2H]. The van der Waals surface area contributed by atoms with Crippen LogP contribution >= 0.6 is 0 Å². The predicted octanol–water partition coefficient (Wildman–Crippen LogP) is 14.3. The molecule has 0 aromatic heterocycles. The van der Waals surface area contributed by atoms with Crippen molar-refractivity contribution in [2.45, 2.75) is 260 Å². The van der Waals surface area contributed by atoms with Gasteiger partial charge in [0.25, 0.3) is 0 Å². The number of esters is 4. The van der Waals surface area contributed by atoms with Crippen LogP contribution < -0.4 is 60.8 Å². The van der Waals surface area contributed by atoms with Crippen molar-refractivity contribution in [2.75, 3.05) is 109 Å². The van der Waals surface area contributed by atoms with E-state index >= 15 is 0 Å². The van der Waals surface area contributed by atoms with Gasteiger partial charge in [0, 0.05) is 186 Å². The van der Waals surface area contributed by atoms with Gasteiger partial charge in [0.05, 0.1) is 85.5 Å². The molecule has 24 nitrogen and oxygen atoms in total. The van der Waals surface area contributed by atoms with Crippen molar-refractivity contribution >= 4 is 23.9 Å². The van der Waals surface area contributed by atoms with Crippen LogP contribution in [0.15, 0.2) is 48.3 Å². The number of methoxy groups -OCH3 is 8. The summed E-state index contributed by atoms with van der Waals surface area (Å²) in [6, 6.07) is -25.7. The maximum atomic E-state index is 13.4. The molecule has 0 aliphatic carbocycles. The van der Waals surface area contributed by atoms with Gasteiger partial charge in [-0.25, -0.2) is 0 Å². The molecule has 4 fully saturated rings. The highest BCUT2D eigenvalue weighted by Gasteiger charge is 2.47. The third-order valence-electron chi connectivity index (χ3n) is 18.8. The normalized spacial score (nSPS) is 46.0. The molecule has 0 spiro atoms. The Morgan fingerprint density at radius 3 is 0.842 bits per heavy atom. The lowest BCUT2D eigenvalue weighted by Crippen LogP contribution is -2.51. The summed E-state index contributed by atoms with van der Waals surface area (Å²) in [5.74, 6) is -43.6. The molecule has 0 radical (unpaired) electrons. The lowest BCUT2D eigenvalue weighted by molar-refractivity contribution is -0.161. The van der Waals surface area contributed by atoms with Crippen LogP contribution in [0.5, 0.6) is 46.0 Å². The standard InChI is InChI=1S/4C24H38N2O4/c4*1-14(2)9-17-13-26-8-7-16-10-21(28-5)22(29-6)11-18(16)19(26)12-20(17)30-24(27)23(25)15(3)4/h4*10-11,14-15,17,19-20,23H,7-9,12-13,25H2,1-6H3/t4*17?,19?,20?,23-/m0000/s1/i1D3,5D3,9D2,10D,11D,12D2,13D2,14D,17D,19D,20D;2*1D3,9D2,10D,11D,12D2,13D2,14D,17D,19D,20D;1D3,5D3,9D2,10D,11D,12D2,13D2,14D,17D,19D/t4*14?,17?,19?,20?,23-. The largest absolute Gasteiger partial charge is 0.493 e. The number of ether oxygens (including phenoxy) is 12. The van der Waals surface area contributed by atoms with E-state index < -0.39 is 435 Å². The average molecular weight is 1740 g/mol. The second-order valence-corrected chi connectivity index (χ2v) is 29.1. The van der Waals surface area contributed by atoms with Crippen molar-refractivity contribution in [1.82, 2.24) is 19.6 Å². The molecule has 4 aromatic carbocycles. The van der Waals surface area contributed by atoms with E-state index in [1.54, 1.807) is 0 Å². The summed E-state index contributed by atoms with van der Waals surface area (Å²) in [5, 5.41) is 0. The molecule has 20 atom stereocenters. The third-order valence-corrected chi connectivity index (χ3v) is 18.8. The summed E-state index contributed by atoms with van der Waals surface area (Å²) in [4.78, 5) is 54.7. The van der Waals surface area contributed by atoms with Gasteiger partial charge >= 0.3 is 23.9 Å². The summed E-state index contributed by atoms with van der Waals surface area (Å²) in [6.45, 7) is -18.8. The highest BCUT2D eigenvalue weighted by atomic mass is 16.6. The monoisotopic (exact) mass is 1740 g/mol. The Morgan fingerprint density at radius 1 is 0.375 bits per heavy atom. The number of carbonyl (C=O) groups excluding carboxylic acids is 4. The van der Waals surface area contributed by atoms with Crippen molar-refractivity contribution in [2.24, 2.45) is 93.8 Å². The van der Waals surface area contributed by atoms with E-state index in [0.717, 1.165) is 28.4 Å². The molecule has 672 valence electrons. The zero-order valence-electron chi connectivity index (χ0n) is 135. The van der Waals surface area contributed by atoms with E-state index in [0.29, 0.717) is 42.4 Å². The van der Waals surface area contributed by atoms with Crippen molar-refractivity contribution in [3.05, 3.63) is 92.8 Å². The highest BCUT2D eigenvalue weighted by molar-refractivity contribution is 5.77.